The minimum absolute atomic E-state index is 0.0693. The number of alkyl halides is 2. The Morgan fingerprint density at radius 3 is 2.88 bits per heavy atom. The molecular weight excluding hydrogens is 238 g/mol. The molecule has 2 rings (SSSR count). The molecule has 0 radical (unpaired) electrons. The average molecular weight is 243 g/mol. The maximum Gasteiger partial charge on any atom is 0.258 e. The van der Waals surface area contributed by atoms with Crippen LogP contribution in [-0.4, -0.2) is 21.2 Å². The lowest BCUT2D eigenvalue weighted by Gasteiger charge is -2.00. The zero-order valence-corrected chi connectivity index (χ0v) is 8.62. The first-order valence-corrected chi connectivity index (χ1v) is 4.71. The summed E-state index contributed by atoms with van der Waals surface area (Å²) in [5.41, 5.74) is 0.268. The molecule has 0 unspecified atom stereocenters. The fourth-order valence-corrected chi connectivity index (χ4v) is 1.51. The topological polar surface area (TPSA) is 54.5 Å². The first-order valence-electron chi connectivity index (χ1n) is 4.33. The molecule has 2 heterocycles. The average Bonchev–Trinajstić information content (AvgIpc) is 2.55. The van der Waals surface area contributed by atoms with Gasteiger partial charge in [-0.3, -0.25) is 0 Å². The smallest absolute Gasteiger partial charge is 0.240 e. The third-order valence-electron chi connectivity index (χ3n) is 1.98. The normalized spacial score (nSPS) is 10.9. The molecule has 4 nitrogen and oxygen atoms in total. The van der Waals surface area contributed by atoms with Crippen LogP contribution in [0.1, 0.15) is 5.69 Å². The summed E-state index contributed by atoms with van der Waals surface area (Å²) in [6.45, 7) is -0.606. The summed E-state index contributed by atoms with van der Waals surface area (Å²) >= 11 is 5.66. The minimum atomic E-state index is -2.56. The molecule has 7 heteroatoms. The van der Waals surface area contributed by atoms with Gasteiger partial charge in [0, 0.05) is 0 Å². The van der Waals surface area contributed by atoms with Crippen LogP contribution >= 0.6 is 11.6 Å². The van der Waals surface area contributed by atoms with Crippen molar-refractivity contribution in [3.8, 4) is 6.07 Å². The number of aromatic nitrogens is 3. The van der Waals surface area contributed by atoms with E-state index < -0.39 is 13.0 Å². The molecule has 0 saturated carbocycles. The van der Waals surface area contributed by atoms with Crippen LogP contribution in [0.25, 0.3) is 11.0 Å². The molecule has 0 amide bonds. The molecule has 0 saturated heterocycles. The molecule has 2 aromatic heterocycles. The Hall–Kier alpha value is -1.74. The zero-order valence-electron chi connectivity index (χ0n) is 7.86. The maximum absolute atomic E-state index is 12.3. The van der Waals surface area contributed by atoms with Crippen molar-refractivity contribution in [1.29, 1.82) is 5.26 Å². The van der Waals surface area contributed by atoms with Crippen molar-refractivity contribution in [3.63, 3.8) is 0 Å². The van der Waals surface area contributed by atoms with Gasteiger partial charge in [0.1, 0.15) is 17.8 Å². The minimum Gasteiger partial charge on any atom is -0.240 e. The number of nitriles is 1. The number of hydrogen-bond acceptors (Lipinski definition) is 3. The molecule has 16 heavy (non-hydrogen) atoms. The highest BCUT2D eigenvalue weighted by Crippen LogP contribution is 2.19. The quantitative estimate of drug-likeness (QED) is 0.759. The SMILES string of the molecule is N#Cc1nn(CC(F)F)c2nc(Cl)ccc12. The summed E-state index contributed by atoms with van der Waals surface area (Å²) in [6.07, 6.45) is -2.56. The van der Waals surface area contributed by atoms with Crippen molar-refractivity contribution in [1.82, 2.24) is 14.8 Å². The van der Waals surface area contributed by atoms with Crippen LogP contribution in [0.5, 0.6) is 0 Å². The molecule has 0 aliphatic heterocycles. The van der Waals surface area contributed by atoms with E-state index in [1.165, 1.54) is 12.1 Å². The van der Waals surface area contributed by atoms with Crippen LogP contribution in [0.4, 0.5) is 8.78 Å². The molecule has 0 fully saturated rings. The van der Waals surface area contributed by atoms with Crippen LogP contribution < -0.4 is 0 Å². The highest BCUT2D eigenvalue weighted by atomic mass is 35.5. The number of pyridine rings is 1. The van der Waals surface area contributed by atoms with Gasteiger partial charge in [0.25, 0.3) is 6.43 Å². The van der Waals surface area contributed by atoms with Crippen molar-refractivity contribution >= 4 is 22.6 Å². The summed E-state index contributed by atoms with van der Waals surface area (Å²) in [7, 11) is 0. The van der Waals surface area contributed by atoms with Gasteiger partial charge in [-0.1, -0.05) is 11.6 Å². The van der Waals surface area contributed by atoms with E-state index in [0.29, 0.717) is 5.39 Å². The van der Waals surface area contributed by atoms with Gasteiger partial charge in [-0.15, -0.1) is 0 Å². The largest absolute Gasteiger partial charge is 0.258 e. The number of hydrogen-bond donors (Lipinski definition) is 0. The molecule has 0 N–H and O–H groups in total. The number of nitrogens with zero attached hydrogens (tertiary/aromatic N) is 4. The Labute approximate surface area is 94.1 Å². The Morgan fingerprint density at radius 2 is 2.25 bits per heavy atom. The fourth-order valence-electron chi connectivity index (χ4n) is 1.37. The molecule has 0 aromatic carbocycles. The van der Waals surface area contributed by atoms with E-state index in [9.17, 15) is 8.78 Å². The molecule has 0 aliphatic rings. The summed E-state index contributed by atoms with van der Waals surface area (Å²) < 4.78 is 25.5. The van der Waals surface area contributed by atoms with E-state index in [0.717, 1.165) is 4.68 Å². The van der Waals surface area contributed by atoms with E-state index in [1.807, 2.05) is 6.07 Å². The lowest BCUT2D eigenvalue weighted by Crippen LogP contribution is -2.08. The first-order chi connectivity index (χ1) is 7.61. The predicted octanol–water partition coefficient (Wildman–Crippen LogP) is 2.22. The van der Waals surface area contributed by atoms with E-state index in [2.05, 4.69) is 10.1 Å². The van der Waals surface area contributed by atoms with Gasteiger partial charge in [-0.2, -0.15) is 10.4 Å². The highest BCUT2D eigenvalue weighted by molar-refractivity contribution is 6.29. The highest BCUT2D eigenvalue weighted by Gasteiger charge is 2.14. The summed E-state index contributed by atoms with van der Waals surface area (Å²) in [5, 5.41) is 13.1. The van der Waals surface area contributed by atoms with Crippen molar-refractivity contribution < 1.29 is 8.78 Å². The number of halogens is 3. The van der Waals surface area contributed by atoms with Crippen LogP contribution in [-0.2, 0) is 6.54 Å². The van der Waals surface area contributed by atoms with Gasteiger partial charge >= 0.3 is 0 Å². The van der Waals surface area contributed by atoms with E-state index in [1.54, 1.807) is 0 Å². The van der Waals surface area contributed by atoms with Crippen molar-refractivity contribution in [2.24, 2.45) is 0 Å². The molecule has 0 bridgehead atoms. The van der Waals surface area contributed by atoms with Crippen LogP contribution in [0.15, 0.2) is 12.1 Å². The van der Waals surface area contributed by atoms with E-state index in [4.69, 9.17) is 16.9 Å². The first kappa shape index (κ1) is 10.8. The van der Waals surface area contributed by atoms with E-state index in [-0.39, 0.29) is 16.5 Å². The van der Waals surface area contributed by atoms with Gasteiger partial charge in [0.2, 0.25) is 0 Å². The van der Waals surface area contributed by atoms with Crippen molar-refractivity contribution in [3.05, 3.63) is 23.0 Å². The maximum atomic E-state index is 12.3. The van der Waals surface area contributed by atoms with Crippen LogP contribution in [0.2, 0.25) is 5.15 Å². The second-order valence-corrected chi connectivity index (χ2v) is 3.43. The number of fused-ring (bicyclic) bond motifs is 1. The van der Waals surface area contributed by atoms with Crippen molar-refractivity contribution in [2.75, 3.05) is 0 Å². The molecular formula is C9H5ClF2N4. The zero-order chi connectivity index (χ0) is 11.7. The molecule has 0 atom stereocenters. The second-order valence-electron chi connectivity index (χ2n) is 3.04. The molecule has 0 aliphatic carbocycles. The van der Waals surface area contributed by atoms with Gasteiger partial charge in [-0.05, 0) is 12.1 Å². The lowest BCUT2D eigenvalue weighted by molar-refractivity contribution is 0.123. The van der Waals surface area contributed by atoms with Gasteiger partial charge < -0.3 is 0 Å². The third-order valence-corrected chi connectivity index (χ3v) is 2.19. The van der Waals surface area contributed by atoms with Gasteiger partial charge in [-0.25, -0.2) is 18.4 Å². The lowest BCUT2D eigenvalue weighted by atomic mass is 10.3. The Bertz CT molecular complexity index is 573. The van der Waals surface area contributed by atoms with E-state index >= 15 is 0 Å². The molecule has 2 aromatic rings. The monoisotopic (exact) mass is 242 g/mol. The molecule has 0 spiro atoms. The fraction of sp³-hybridized carbons (Fsp3) is 0.222. The Morgan fingerprint density at radius 1 is 1.50 bits per heavy atom. The molecule has 82 valence electrons. The van der Waals surface area contributed by atoms with Gasteiger partial charge in [0.05, 0.1) is 5.39 Å². The Kier molecular flexibility index (Phi) is 2.71. The van der Waals surface area contributed by atoms with Crippen LogP contribution in [0, 0.1) is 11.3 Å². The van der Waals surface area contributed by atoms with Crippen molar-refractivity contribution in [2.45, 2.75) is 13.0 Å². The predicted molar refractivity (Wildman–Crippen MR) is 53.3 cm³/mol. The standard InChI is InChI=1S/C9H5ClF2N4/c10-7-2-1-5-6(3-13)15-16(4-8(11)12)9(5)14-7/h1-2,8H,4H2. The second kappa shape index (κ2) is 4.02. The summed E-state index contributed by atoms with van der Waals surface area (Å²) in [6, 6.07) is 4.85. The summed E-state index contributed by atoms with van der Waals surface area (Å²) in [4.78, 5) is 3.88. The van der Waals surface area contributed by atoms with Gasteiger partial charge in [0.15, 0.2) is 11.3 Å². The Balaban J connectivity index is 2.65. The van der Waals surface area contributed by atoms with Crippen LogP contribution in [0.3, 0.4) is 0 Å². The number of rotatable bonds is 2. The third kappa shape index (κ3) is 1.82. The summed E-state index contributed by atoms with van der Waals surface area (Å²) in [5.74, 6) is 0.